The third-order valence-electron chi connectivity index (χ3n) is 5.47. The van der Waals surface area contributed by atoms with Crippen molar-refractivity contribution in [1.29, 1.82) is 0 Å². The van der Waals surface area contributed by atoms with Crippen LogP contribution in [0.15, 0.2) is 42.5 Å². The van der Waals surface area contributed by atoms with Gasteiger partial charge in [-0.15, -0.1) is 0 Å². The number of benzene rings is 2. The van der Waals surface area contributed by atoms with Crippen molar-refractivity contribution >= 4 is 11.8 Å². The highest BCUT2D eigenvalue weighted by Crippen LogP contribution is 2.33. The summed E-state index contributed by atoms with van der Waals surface area (Å²) in [5.41, 5.74) is 3.15. The molecule has 1 fully saturated rings. The number of rotatable bonds is 4. The van der Waals surface area contributed by atoms with E-state index in [1.165, 1.54) is 5.56 Å². The third-order valence-corrected chi connectivity index (χ3v) is 5.47. The summed E-state index contributed by atoms with van der Waals surface area (Å²) in [7, 11) is 3.11. The number of hydrogen-bond acceptors (Lipinski definition) is 5. The van der Waals surface area contributed by atoms with Gasteiger partial charge >= 0.3 is 0 Å². The van der Waals surface area contributed by atoms with Crippen molar-refractivity contribution in [1.82, 2.24) is 10.2 Å². The van der Waals surface area contributed by atoms with Crippen molar-refractivity contribution in [2.24, 2.45) is 0 Å². The molecule has 1 N–H and O–H groups in total. The molecular weight excluding hydrogens is 372 g/mol. The molecule has 29 heavy (non-hydrogen) atoms. The zero-order valence-corrected chi connectivity index (χ0v) is 16.5. The lowest BCUT2D eigenvalue weighted by Gasteiger charge is -2.37. The zero-order valence-electron chi connectivity index (χ0n) is 16.5. The minimum absolute atomic E-state index is 0.126. The molecule has 0 radical (unpaired) electrons. The molecule has 0 aromatic heterocycles. The van der Waals surface area contributed by atoms with E-state index in [1.807, 2.05) is 24.3 Å². The molecular formula is C22H24N2O5. The molecule has 0 unspecified atom stereocenters. The zero-order chi connectivity index (χ0) is 20.4. The van der Waals surface area contributed by atoms with Gasteiger partial charge in [-0.1, -0.05) is 30.3 Å². The van der Waals surface area contributed by atoms with Crippen LogP contribution in [0.5, 0.6) is 11.5 Å². The molecule has 0 spiro atoms. The Bertz CT molecular complexity index is 929. The van der Waals surface area contributed by atoms with Gasteiger partial charge in [-0.05, 0) is 35.2 Å². The molecule has 2 heterocycles. The number of amides is 2. The third kappa shape index (κ3) is 3.78. The number of fused-ring (bicyclic) bond motifs is 1. The number of hydrogen-bond donors (Lipinski definition) is 1. The van der Waals surface area contributed by atoms with Crippen LogP contribution in [0.1, 0.15) is 22.7 Å². The highest BCUT2D eigenvalue weighted by atomic mass is 16.5. The maximum absolute atomic E-state index is 13.3. The molecule has 0 saturated carbocycles. The van der Waals surface area contributed by atoms with Gasteiger partial charge in [0.1, 0.15) is 6.61 Å². The first-order chi connectivity index (χ1) is 14.1. The highest BCUT2D eigenvalue weighted by Gasteiger charge is 2.39. The normalized spacial score (nSPS) is 21.2. The average molecular weight is 396 g/mol. The summed E-state index contributed by atoms with van der Waals surface area (Å²) >= 11 is 0. The number of carbonyl (C=O) groups is 2. The Morgan fingerprint density at radius 3 is 2.62 bits per heavy atom. The summed E-state index contributed by atoms with van der Waals surface area (Å²) in [5.74, 6) is 0.731. The molecule has 2 aromatic carbocycles. The van der Waals surface area contributed by atoms with Gasteiger partial charge in [0.15, 0.2) is 17.6 Å². The molecule has 2 aliphatic heterocycles. The van der Waals surface area contributed by atoms with Crippen LogP contribution in [-0.2, 0) is 27.3 Å². The van der Waals surface area contributed by atoms with Crippen molar-refractivity contribution in [3.8, 4) is 11.5 Å². The molecule has 1 saturated heterocycles. The fourth-order valence-corrected chi connectivity index (χ4v) is 3.93. The molecule has 4 rings (SSSR count). The number of nitrogens with zero attached hydrogens (tertiary/aromatic N) is 1. The largest absolute Gasteiger partial charge is 0.493 e. The van der Waals surface area contributed by atoms with Crippen molar-refractivity contribution in [2.75, 3.05) is 27.4 Å². The fraction of sp³-hybridized carbons (Fsp3) is 0.364. The molecule has 7 heteroatoms. The number of carbonyl (C=O) groups excluding carboxylic acids is 2. The second kappa shape index (κ2) is 8.13. The monoisotopic (exact) mass is 396 g/mol. The van der Waals surface area contributed by atoms with Crippen LogP contribution in [-0.4, -0.2) is 50.2 Å². The van der Waals surface area contributed by atoms with E-state index < -0.39 is 12.1 Å². The Kier molecular flexibility index (Phi) is 5.40. The summed E-state index contributed by atoms with van der Waals surface area (Å²) in [4.78, 5) is 27.1. The SMILES string of the molecule is COc1ccc([C@H]2NC(=O)CO[C@@H]2C(=O)N2CCc3ccccc3C2)cc1OC. The molecule has 2 atom stereocenters. The minimum atomic E-state index is -0.795. The number of morpholine rings is 1. The van der Waals surface area contributed by atoms with Crippen LogP contribution in [0.2, 0.25) is 0 Å². The smallest absolute Gasteiger partial charge is 0.254 e. The van der Waals surface area contributed by atoms with Crippen LogP contribution in [0.25, 0.3) is 0 Å². The van der Waals surface area contributed by atoms with Gasteiger partial charge < -0.3 is 24.4 Å². The van der Waals surface area contributed by atoms with E-state index in [4.69, 9.17) is 14.2 Å². The van der Waals surface area contributed by atoms with Crippen molar-refractivity contribution in [2.45, 2.75) is 25.1 Å². The van der Waals surface area contributed by atoms with Crippen LogP contribution >= 0.6 is 0 Å². The lowest BCUT2D eigenvalue weighted by atomic mass is 9.96. The maximum atomic E-state index is 13.3. The van der Waals surface area contributed by atoms with Crippen molar-refractivity contribution in [3.05, 3.63) is 59.2 Å². The molecule has 2 amide bonds. The lowest BCUT2D eigenvalue weighted by molar-refractivity contribution is -0.156. The summed E-state index contributed by atoms with van der Waals surface area (Å²) < 4.78 is 16.4. The Labute approximate surface area is 169 Å². The number of nitrogens with one attached hydrogen (secondary N) is 1. The molecule has 0 bridgehead atoms. The lowest BCUT2D eigenvalue weighted by Crippen LogP contribution is -2.54. The first-order valence-electron chi connectivity index (χ1n) is 9.59. The van der Waals surface area contributed by atoms with E-state index in [1.54, 1.807) is 31.3 Å². The van der Waals surface area contributed by atoms with Crippen LogP contribution < -0.4 is 14.8 Å². The standard InChI is InChI=1S/C22H24N2O5/c1-27-17-8-7-15(11-18(17)28-2)20-21(29-13-19(25)23-20)22(26)24-10-9-14-5-3-4-6-16(14)12-24/h3-8,11,20-21H,9-10,12-13H2,1-2H3,(H,23,25)/t20-,21+/m1/s1. The second-order valence-corrected chi connectivity index (χ2v) is 7.17. The first kappa shape index (κ1) is 19.3. The van der Waals surface area contributed by atoms with E-state index >= 15 is 0 Å². The van der Waals surface area contributed by atoms with Gasteiger partial charge in [0.2, 0.25) is 5.91 Å². The molecule has 7 nitrogen and oxygen atoms in total. The van der Waals surface area contributed by atoms with E-state index in [-0.39, 0.29) is 18.4 Å². The highest BCUT2D eigenvalue weighted by molar-refractivity contribution is 5.86. The quantitative estimate of drug-likeness (QED) is 0.854. The summed E-state index contributed by atoms with van der Waals surface area (Å²) in [5, 5.41) is 2.90. The molecule has 2 aromatic rings. The van der Waals surface area contributed by atoms with Crippen molar-refractivity contribution in [3.63, 3.8) is 0 Å². The summed E-state index contributed by atoms with van der Waals surface area (Å²) in [6, 6.07) is 12.9. The van der Waals surface area contributed by atoms with Gasteiger partial charge in [0, 0.05) is 13.1 Å². The van der Waals surface area contributed by atoms with Crippen molar-refractivity contribution < 1.29 is 23.8 Å². The molecule has 152 valence electrons. The Morgan fingerprint density at radius 2 is 1.86 bits per heavy atom. The van der Waals surface area contributed by atoms with E-state index in [0.29, 0.717) is 24.6 Å². The first-order valence-corrected chi connectivity index (χ1v) is 9.59. The Morgan fingerprint density at radius 1 is 1.10 bits per heavy atom. The van der Waals surface area contributed by atoms with Gasteiger partial charge in [-0.25, -0.2) is 0 Å². The van der Waals surface area contributed by atoms with Gasteiger partial charge in [0.25, 0.3) is 5.91 Å². The van der Waals surface area contributed by atoms with Gasteiger partial charge in [0.05, 0.1) is 20.3 Å². The average Bonchev–Trinajstić information content (AvgIpc) is 2.77. The van der Waals surface area contributed by atoms with Crippen LogP contribution in [0.4, 0.5) is 0 Å². The fourth-order valence-electron chi connectivity index (χ4n) is 3.93. The predicted molar refractivity (Wildman–Crippen MR) is 106 cm³/mol. The topological polar surface area (TPSA) is 77.1 Å². The minimum Gasteiger partial charge on any atom is -0.493 e. The van der Waals surface area contributed by atoms with Gasteiger partial charge in [-0.2, -0.15) is 0 Å². The number of ether oxygens (including phenoxy) is 3. The summed E-state index contributed by atoms with van der Waals surface area (Å²) in [6.45, 7) is 1.04. The molecule has 0 aliphatic carbocycles. The van der Waals surface area contributed by atoms with Crippen LogP contribution in [0, 0.1) is 0 Å². The summed E-state index contributed by atoms with van der Waals surface area (Å²) in [6.07, 6.45) is 0.0122. The maximum Gasteiger partial charge on any atom is 0.254 e. The van der Waals surface area contributed by atoms with Crippen LogP contribution in [0.3, 0.4) is 0 Å². The Hall–Kier alpha value is -3.06. The van der Waals surface area contributed by atoms with E-state index in [2.05, 4.69) is 11.4 Å². The predicted octanol–water partition coefficient (Wildman–Crippen LogP) is 1.84. The molecule has 2 aliphatic rings. The second-order valence-electron chi connectivity index (χ2n) is 7.17. The Balaban J connectivity index is 1.60. The van der Waals surface area contributed by atoms with E-state index in [9.17, 15) is 9.59 Å². The number of methoxy groups -OCH3 is 2. The van der Waals surface area contributed by atoms with Gasteiger partial charge in [-0.3, -0.25) is 9.59 Å². The van der Waals surface area contributed by atoms with E-state index in [0.717, 1.165) is 17.5 Å².